The zero-order chi connectivity index (χ0) is 26.7. The topological polar surface area (TPSA) is 145 Å². The number of nitrogens with two attached hydrogens (primary N) is 1. The van der Waals surface area contributed by atoms with Gasteiger partial charge in [0, 0.05) is 41.3 Å². The molecule has 0 aliphatic heterocycles. The van der Waals surface area contributed by atoms with E-state index in [9.17, 15) is 22.8 Å². The van der Waals surface area contributed by atoms with Crippen molar-refractivity contribution >= 4 is 12.2 Å². The number of para-hydroxylation sites is 1. The predicted molar refractivity (Wildman–Crippen MR) is 127 cm³/mol. The van der Waals surface area contributed by atoms with Gasteiger partial charge in [0.05, 0.1) is 17.5 Å². The van der Waals surface area contributed by atoms with Crippen molar-refractivity contribution < 1.29 is 17.6 Å². The number of rotatable bonds is 7. The molecule has 0 saturated heterocycles. The SMILES string of the molecule is CCC(c1cnn(-c2ccccc2F)c1)c1[nH]c(C(N)=NC=N)c(-c2cnc(C(F)(F)F)nc2)c1C#N. The molecule has 4 rings (SSSR count). The molecular weight excluding hydrogens is 490 g/mol. The molecule has 4 N–H and O–H groups in total. The molecule has 0 amide bonds. The molecule has 3 aromatic heterocycles. The molecule has 0 radical (unpaired) electrons. The minimum atomic E-state index is -4.74. The molecule has 0 aliphatic rings. The van der Waals surface area contributed by atoms with Crippen molar-refractivity contribution in [3.63, 3.8) is 0 Å². The van der Waals surface area contributed by atoms with Crippen molar-refractivity contribution in [2.24, 2.45) is 10.7 Å². The second-order valence-electron chi connectivity index (χ2n) is 7.84. The van der Waals surface area contributed by atoms with Crippen LogP contribution in [0.4, 0.5) is 17.6 Å². The number of benzene rings is 1. The van der Waals surface area contributed by atoms with Crippen molar-refractivity contribution in [3.8, 4) is 22.9 Å². The number of hydrogen-bond donors (Lipinski definition) is 3. The zero-order valence-electron chi connectivity index (χ0n) is 19.3. The van der Waals surface area contributed by atoms with Gasteiger partial charge in [-0.1, -0.05) is 19.1 Å². The molecule has 0 fully saturated rings. The summed E-state index contributed by atoms with van der Waals surface area (Å²) in [7, 11) is 0. The highest BCUT2D eigenvalue weighted by Gasteiger charge is 2.35. The molecule has 1 aromatic carbocycles. The first kappa shape index (κ1) is 25.2. The van der Waals surface area contributed by atoms with E-state index in [1.54, 1.807) is 24.4 Å². The van der Waals surface area contributed by atoms with Crippen LogP contribution in [0.1, 0.15) is 47.6 Å². The van der Waals surface area contributed by atoms with Gasteiger partial charge in [0.15, 0.2) is 0 Å². The summed E-state index contributed by atoms with van der Waals surface area (Å²) in [5.74, 6) is -2.42. The van der Waals surface area contributed by atoms with E-state index in [1.807, 2.05) is 6.92 Å². The van der Waals surface area contributed by atoms with E-state index < -0.39 is 23.7 Å². The number of aromatic amines is 1. The Bertz CT molecular complexity index is 1510. The van der Waals surface area contributed by atoms with Crippen LogP contribution in [-0.4, -0.2) is 36.9 Å². The van der Waals surface area contributed by atoms with Gasteiger partial charge in [-0.3, -0.25) is 5.41 Å². The van der Waals surface area contributed by atoms with E-state index in [1.165, 1.54) is 16.9 Å². The number of hydrogen-bond acceptors (Lipinski definition) is 5. The minimum Gasteiger partial charge on any atom is -0.382 e. The fourth-order valence-electron chi connectivity index (χ4n) is 4.01. The summed E-state index contributed by atoms with van der Waals surface area (Å²) in [4.78, 5) is 13.6. The number of amidine groups is 1. The lowest BCUT2D eigenvalue weighted by atomic mass is 9.91. The molecule has 0 spiro atoms. The van der Waals surface area contributed by atoms with E-state index in [4.69, 9.17) is 11.1 Å². The number of halogens is 4. The third-order valence-electron chi connectivity index (χ3n) is 5.66. The minimum absolute atomic E-state index is 0.0898. The Morgan fingerprint density at radius 3 is 2.57 bits per heavy atom. The molecule has 0 saturated carbocycles. The van der Waals surface area contributed by atoms with Crippen molar-refractivity contribution in [2.75, 3.05) is 0 Å². The van der Waals surface area contributed by atoms with Crippen LogP contribution >= 0.6 is 0 Å². The number of alkyl halides is 3. The van der Waals surface area contributed by atoms with E-state index in [0.717, 1.165) is 12.4 Å². The monoisotopic (exact) mass is 509 g/mol. The van der Waals surface area contributed by atoms with Crippen LogP contribution < -0.4 is 5.73 Å². The lowest BCUT2D eigenvalue weighted by Crippen LogP contribution is -2.16. The Kier molecular flexibility index (Phi) is 6.83. The van der Waals surface area contributed by atoms with Gasteiger partial charge in [-0.15, -0.1) is 0 Å². The Morgan fingerprint density at radius 2 is 1.97 bits per heavy atom. The number of nitrogens with one attached hydrogen (secondary N) is 2. The number of aromatic nitrogens is 5. The maximum atomic E-state index is 14.3. The largest absolute Gasteiger partial charge is 0.451 e. The summed E-state index contributed by atoms with van der Waals surface area (Å²) in [5, 5.41) is 21.6. The first-order valence-corrected chi connectivity index (χ1v) is 10.9. The second-order valence-corrected chi connectivity index (χ2v) is 7.84. The average molecular weight is 509 g/mol. The van der Waals surface area contributed by atoms with Gasteiger partial charge >= 0.3 is 6.18 Å². The number of aliphatic imine (C=N–C) groups is 1. The molecule has 4 aromatic rings. The Balaban J connectivity index is 1.87. The normalized spacial score (nSPS) is 12.8. The quantitative estimate of drug-likeness (QED) is 0.190. The van der Waals surface area contributed by atoms with Crippen LogP contribution in [0.3, 0.4) is 0 Å². The van der Waals surface area contributed by atoms with Crippen LogP contribution in [0.15, 0.2) is 54.0 Å². The smallest absolute Gasteiger partial charge is 0.382 e. The number of H-pyrrole nitrogens is 1. The number of nitriles is 1. The van der Waals surface area contributed by atoms with E-state index in [2.05, 4.69) is 31.1 Å². The summed E-state index contributed by atoms with van der Waals surface area (Å²) < 4.78 is 54.6. The maximum absolute atomic E-state index is 14.3. The maximum Gasteiger partial charge on any atom is 0.451 e. The fraction of sp³-hybridized carbons (Fsp3) is 0.167. The van der Waals surface area contributed by atoms with Gasteiger partial charge in [0.1, 0.15) is 29.7 Å². The van der Waals surface area contributed by atoms with Crippen molar-refractivity contribution in [1.29, 1.82) is 10.7 Å². The molecule has 1 unspecified atom stereocenters. The first-order chi connectivity index (χ1) is 17.7. The van der Waals surface area contributed by atoms with E-state index in [0.29, 0.717) is 24.0 Å². The van der Waals surface area contributed by atoms with Crippen LogP contribution in [0.5, 0.6) is 0 Å². The first-order valence-electron chi connectivity index (χ1n) is 10.9. The molecule has 1 atom stereocenters. The molecule has 188 valence electrons. The second kappa shape index (κ2) is 10.0. The van der Waals surface area contributed by atoms with Gasteiger partial charge in [0.25, 0.3) is 0 Å². The summed E-state index contributed by atoms with van der Waals surface area (Å²) in [6.45, 7) is 1.86. The lowest BCUT2D eigenvalue weighted by molar-refractivity contribution is -0.144. The highest BCUT2D eigenvalue weighted by Crippen LogP contribution is 2.37. The summed E-state index contributed by atoms with van der Waals surface area (Å²) in [6.07, 6.45) is 1.49. The van der Waals surface area contributed by atoms with Gasteiger partial charge < -0.3 is 10.7 Å². The summed E-state index contributed by atoms with van der Waals surface area (Å²) >= 11 is 0. The van der Waals surface area contributed by atoms with Crippen molar-refractivity contribution in [2.45, 2.75) is 25.4 Å². The molecular formula is C24H19F4N9. The van der Waals surface area contributed by atoms with Crippen LogP contribution in [0.25, 0.3) is 16.8 Å². The Hall–Kier alpha value is -4.86. The Morgan fingerprint density at radius 1 is 1.27 bits per heavy atom. The third kappa shape index (κ3) is 4.81. The predicted octanol–water partition coefficient (Wildman–Crippen LogP) is 4.54. The van der Waals surface area contributed by atoms with Crippen LogP contribution in [0.2, 0.25) is 0 Å². The standard InChI is InChI=1S/C24H19F4N9/c1-2-15(14-10-35-37(11-14)18-6-4-3-5-17(18)25)20-16(7-29)19(21(36-20)22(31)34-12-30)13-8-32-23(33-9-13)24(26,27)28/h3-6,8-12,15,36H,2H2,1H3,(H3,30,31,34). The zero-order valence-corrected chi connectivity index (χ0v) is 19.3. The highest BCUT2D eigenvalue weighted by molar-refractivity contribution is 6.06. The van der Waals surface area contributed by atoms with Gasteiger partial charge in [-0.25, -0.2) is 24.0 Å². The lowest BCUT2D eigenvalue weighted by Gasteiger charge is -2.12. The molecule has 0 aliphatic carbocycles. The van der Waals surface area contributed by atoms with Gasteiger partial charge in [-0.05, 0) is 24.1 Å². The van der Waals surface area contributed by atoms with E-state index >= 15 is 0 Å². The highest BCUT2D eigenvalue weighted by atomic mass is 19.4. The Labute approximate surface area is 207 Å². The summed E-state index contributed by atoms with van der Waals surface area (Å²) in [6, 6.07) is 8.20. The molecule has 37 heavy (non-hydrogen) atoms. The van der Waals surface area contributed by atoms with Crippen LogP contribution in [-0.2, 0) is 6.18 Å². The van der Waals surface area contributed by atoms with Gasteiger partial charge in [-0.2, -0.15) is 23.5 Å². The number of nitrogens with zero attached hydrogens (tertiary/aromatic N) is 6. The summed E-state index contributed by atoms with van der Waals surface area (Å²) in [5.41, 5.74) is 7.77. The van der Waals surface area contributed by atoms with Gasteiger partial charge in [0.2, 0.25) is 5.82 Å². The molecule has 9 nitrogen and oxygen atoms in total. The molecule has 13 heteroatoms. The van der Waals surface area contributed by atoms with E-state index in [-0.39, 0.29) is 33.9 Å². The molecule has 3 heterocycles. The average Bonchev–Trinajstić information content (AvgIpc) is 3.50. The molecule has 0 bridgehead atoms. The van der Waals surface area contributed by atoms with Crippen molar-refractivity contribution in [1.82, 2.24) is 24.7 Å². The van der Waals surface area contributed by atoms with Crippen molar-refractivity contribution in [3.05, 3.63) is 83.2 Å². The van der Waals surface area contributed by atoms with Crippen LogP contribution in [0, 0.1) is 22.6 Å². The third-order valence-corrected chi connectivity index (χ3v) is 5.66. The fourth-order valence-corrected chi connectivity index (χ4v) is 4.01.